The maximum absolute atomic E-state index is 11.8. The molecule has 19 heavy (non-hydrogen) atoms. The van der Waals surface area contributed by atoms with Crippen molar-refractivity contribution < 1.29 is 23.4 Å². The first-order valence-electron chi connectivity index (χ1n) is 5.94. The number of carbonyl (C=O) groups is 1. The topological polar surface area (TPSA) is 57.9 Å². The molecule has 5 heteroatoms. The smallest absolute Gasteiger partial charge is 0.378 e. The quantitative estimate of drug-likeness (QED) is 0.795. The minimum Gasteiger partial charge on any atom is -0.497 e. The summed E-state index contributed by atoms with van der Waals surface area (Å²) in [4.78, 5) is 11.8. The lowest BCUT2D eigenvalue weighted by Crippen LogP contribution is -2.04. The Morgan fingerprint density at radius 3 is 2.58 bits per heavy atom. The van der Waals surface area contributed by atoms with E-state index in [0.717, 1.165) is 10.9 Å². The molecular formula is C14H16O5. The SMILES string of the molecule is CCOC(=O)c1oc2cc(OC)cc(C)c2c1OC. The molecule has 0 saturated carbocycles. The van der Waals surface area contributed by atoms with Crippen molar-refractivity contribution in [2.24, 2.45) is 0 Å². The third-order valence-electron chi connectivity index (χ3n) is 2.82. The van der Waals surface area contributed by atoms with Crippen molar-refractivity contribution in [1.29, 1.82) is 0 Å². The average Bonchev–Trinajstić information content (AvgIpc) is 2.77. The summed E-state index contributed by atoms with van der Waals surface area (Å²) >= 11 is 0. The van der Waals surface area contributed by atoms with E-state index in [2.05, 4.69) is 0 Å². The van der Waals surface area contributed by atoms with E-state index in [-0.39, 0.29) is 12.4 Å². The van der Waals surface area contributed by atoms with Crippen molar-refractivity contribution in [3.8, 4) is 11.5 Å². The lowest BCUT2D eigenvalue weighted by atomic mass is 10.1. The highest BCUT2D eigenvalue weighted by molar-refractivity contribution is 6.00. The van der Waals surface area contributed by atoms with Gasteiger partial charge in [-0.25, -0.2) is 4.79 Å². The zero-order valence-corrected chi connectivity index (χ0v) is 11.4. The minimum absolute atomic E-state index is 0.0794. The Labute approximate surface area is 111 Å². The van der Waals surface area contributed by atoms with Gasteiger partial charge in [-0.05, 0) is 25.5 Å². The number of carbonyl (C=O) groups excluding carboxylic acids is 1. The maximum Gasteiger partial charge on any atom is 0.378 e. The second-order valence-electron chi connectivity index (χ2n) is 4.00. The van der Waals surface area contributed by atoms with Crippen LogP contribution in [-0.2, 0) is 4.74 Å². The van der Waals surface area contributed by atoms with E-state index in [1.807, 2.05) is 13.0 Å². The molecule has 0 aliphatic heterocycles. The van der Waals surface area contributed by atoms with E-state index in [0.29, 0.717) is 17.1 Å². The first kappa shape index (κ1) is 13.3. The van der Waals surface area contributed by atoms with Crippen LogP contribution < -0.4 is 9.47 Å². The van der Waals surface area contributed by atoms with Crippen LogP contribution in [0.1, 0.15) is 23.0 Å². The summed E-state index contributed by atoms with van der Waals surface area (Å²) in [6.07, 6.45) is 0. The van der Waals surface area contributed by atoms with Crippen LogP contribution in [0, 0.1) is 6.92 Å². The minimum atomic E-state index is -0.533. The fraction of sp³-hybridized carbons (Fsp3) is 0.357. The average molecular weight is 264 g/mol. The van der Waals surface area contributed by atoms with Crippen LogP contribution >= 0.6 is 0 Å². The van der Waals surface area contributed by atoms with Crippen LogP contribution in [0.5, 0.6) is 11.5 Å². The second kappa shape index (κ2) is 5.22. The molecule has 0 aliphatic carbocycles. The number of methoxy groups -OCH3 is 2. The Kier molecular flexibility index (Phi) is 3.64. The molecule has 5 nitrogen and oxygen atoms in total. The highest BCUT2D eigenvalue weighted by Crippen LogP contribution is 2.37. The van der Waals surface area contributed by atoms with Crippen LogP contribution in [-0.4, -0.2) is 26.8 Å². The third-order valence-corrected chi connectivity index (χ3v) is 2.82. The lowest BCUT2D eigenvalue weighted by Gasteiger charge is -2.03. The summed E-state index contributed by atoms with van der Waals surface area (Å²) in [6, 6.07) is 3.57. The Hall–Kier alpha value is -2.17. The number of ether oxygens (including phenoxy) is 3. The van der Waals surface area contributed by atoms with Gasteiger partial charge < -0.3 is 18.6 Å². The van der Waals surface area contributed by atoms with Crippen LogP contribution in [0.2, 0.25) is 0 Å². The molecular weight excluding hydrogens is 248 g/mol. The molecule has 102 valence electrons. The molecule has 0 atom stereocenters. The van der Waals surface area contributed by atoms with Gasteiger partial charge in [-0.2, -0.15) is 0 Å². The normalized spacial score (nSPS) is 10.5. The van der Waals surface area contributed by atoms with Crippen molar-refractivity contribution >= 4 is 16.9 Å². The summed E-state index contributed by atoms with van der Waals surface area (Å²) in [5.74, 6) is 0.607. The maximum atomic E-state index is 11.8. The summed E-state index contributed by atoms with van der Waals surface area (Å²) in [7, 11) is 3.07. The van der Waals surface area contributed by atoms with Gasteiger partial charge in [0.05, 0.1) is 26.2 Å². The second-order valence-corrected chi connectivity index (χ2v) is 4.00. The summed E-state index contributed by atoms with van der Waals surface area (Å²) in [5, 5.41) is 0.756. The van der Waals surface area contributed by atoms with Gasteiger partial charge >= 0.3 is 5.97 Å². The van der Waals surface area contributed by atoms with Crippen molar-refractivity contribution in [2.45, 2.75) is 13.8 Å². The molecule has 0 spiro atoms. The van der Waals surface area contributed by atoms with Crippen molar-refractivity contribution in [1.82, 2.24) is 0 Å². The highest BCUT2D eigenvalue weighted by atomic mass is 16.6. The summed E-state index contributed by atoms with van der Waals surface area (Å²) in [5.41, 5.74) is 1.45. The van der Waals surface area contributed by atoms with Crippen LogP contribution in [0.15, 0.2) is 16.5 Å². The van der Waals surface area contributed by atoms with Gasteiger partial charge in [0.15, 0.2) is 5.75 Å². The van der Waals surface area contributed by atoms with Crippen LogP contribution in [0.3, 0.4) is 0 Å². The predicted molar refractivity (Wildman–Crippen MR) is 70.0 cm³/mol. The molecule has 0 bridgehead atoms. The van der Waals surface area contributed by atoms with E-state index < -0.39 is 5.97 Å². The van der Waals surface area contributed by atoms with E-state index in [9.17, 15) is 4.79 Å². The number of aryl methyl sites for hydroxylation is 1. The number of esters is 1. The molecule has 1 aromatic heterocycles. The number of hydrogen-bond acceptors (Lipinski definition) is 5. The lowest BCUT2D eigenvalue weighted by molar-refractivity contribution is 0.0488. The number of hydrogen-bond donors (Lipinski definition) is 0. The van der Waals surface area contributed by atoms with Crippen molar-refractivity contribution in [2.75, 3.05) is 20.8 Å². The molecule has 0 saturated heterocycles. The predicted octanol–water partition coefficient (Wildman–Crippen LogP) is 2.94. The molecule has 0 aliphatic rings. The van der Waals surface area contributed by atoms with Crippen LogP contribution in [0.4, 0.5) is 0 Å². The number of rotatable bonds is 4. The van der Waals surface area contributed by atoms with Gasteiger partial charge in [0.2, 0.25) is 0 Å². The van der Waals surface area contributed by atoms with Gasteiger partial charge in [-0.1, -0.05) is 0 Å². The molecule has 1 aromatic carbocycles. The Morgan fingerprint density at radius 1 is 1.26 bits per heavy atom. The first-order chi connectivity index (χ1) is 9.12. The molecule has 2 aromatic rings. The van der Waals surface area contributed by atoms with Gasteiger partial charge in [0.1, 0.15) is 11.3 Å². The van der Waals surface area contributed by atoms with E-state index in [1.165, 1.54) is 7.11 Å². The Morgan fingerprint density at radius 2 is 2.00 bits per heavy atom. The third kappa shape index (κ3) is 2.23. The van der Waals surface area contributed by atoms with Crippen molar-refractivity contribution in [3.63, 3.8) is 0 Å². The van der Waals surface area contributed by atoms with E-state index in [1.54, 1.807) is 20.1 Å². The zero-order valence-electron chi connectivity index (χ0n) is 11.4. The molecule has 0 radical (unpaired) electrons. The van der Waals surface area contributed by atoms with Gasteiger partial charge in [0.25, 0.3) is 5.76 Å². The number of benzene rings is 1. The molecule has 0 N–H and O–H groups in total. The molecule has 2 rings (SSSR count). The Bertz CT molecular complexity index is 612. The highest BCUT2D eigenvalue weighted by Gasteiger charge is 2.24. The number of furan rings is 1. The Balaban J connectivity index is 2.66. The summed E-state index contributed by atoms with van der Waals surface area (Å²) in [6.45, 7) is 3.92. The largest absolute Gasteiger partial charge is 0.497 e. The fourth-order valence-electron chi connectivity index (χ4n) is 2.01. The number of fused-ring (bicyclic) bond motifs is 1. The zero-order chi connectivity index (χ0) is 14.0. The monoisotopic (exact) mass is 264 g/mol. The van der Waals surface area contributed by atoms with Gasteiger partial charge in [0, 0.05) is 6.07 Å². The molecule has 0 amide bonds. The van der Waals surface area contributed by atoms with Gasteiger partial charge in [-0.3, -0.25) is 0 Å². The van der Waals surface area contributed by atoms with Crippen LogP contribution in [0.25, 0.3) is 11.0 Å². The fourth-order valence-corrected chi connectivity index (χ4v) is 2.01. The first-order valence-corrected chi connectivity index (χ1v) is 5.94. The summed E-state index contributed by atoms with van der Waals surface area (Å²) < 4.78 is 21.0. The molecule has 0 fully saturated rings. The molecule has 0 unspecified atom stereocenters. The van der Waals surface area contributed by atoms with E-state index in [4.69, 9.17) is 18.6 Å². The van der Waals surface area contributed by atoms with Gasteiger partial charge in [-0.15, -0.1) is 0 Å². The molecule has 1 heterocycles. The van der Waals surface area contributed by atoms with Crippen molar-refractivity contribution in [3.05, 3.63) is 23.5 Å². The van der Waals surface area contributed by atoms with E-state index >= 15 is 0 Å². The standard InChI is InChI=1S/C14H16O5/c1-5-18-14(15)13-12(17-4)11-8(2)6-9(16-3)7-10(11)19-13/h6-7H,5H2,1-4H3.